The summed E-state index contributed by atoms with van der Waals surface area (Å²) in [4.78, 5) is 37.2. The van der Waals surface area contributed by atoms with Crippen LogP contribution in [0.5, 0.6) is 0 Å². The van der Waals surface area contributed by atoms with E-state index in [2.05, 4.69) is 38.1 Å². The van der Waals surface area contributed by atoms with Gasteiger partial charge in [0.25, 0.3) is 11.8 Å². The molecule has 0 atom stereocenters. The molecule has 0 bridgehead atoms. The Balaban J connectivity index is 1.44. The lowest BCUT2D eigenvalue weighted by atomic mass is 10.2. The van der Waals surface area contributed by atoms with E-state index in [0.29, 0.717) is 35.3 Å². The third kappa shape index (κ3) is 6.49. The number of nitrogens with two attached hydrogens (primary N) is 1. The molecule has 4 rings (SSSR count). The van der Waals surface area contributed by atoms with Crippen molar-refractivity contribution in [2.45, 2.75) is 13.5 Å². The first-order chi connectivity index (χ1) is 17.4. The molecule has 11 heteroatoms. The van der Waals surface area contributed by atoms with E-state index in [1.165, 1.54) is 11.3 Å². The molecule has 2 aromatic heterocycles. The van der Waals surface area contributed by atoms with Gasteiger partial charge in [0.2, 0.25) is 0 Å². The van der Waals surface area contributed by atoms with Gasteiger partial charge in [0.15, 0.2) is 5.13 Å². The van der Waals surface area contributed by atoms with Crippen molar-refractivity contribution in [2.75, 3.05) is 38.2 Å². The normalized spacial score (nSPS) is 15.2. The molecule has 3 aromatic rings. The van der Waals surface area contributed by atoms with E-state index in [9.17, 15) is 9.59 Å². The molecule has 188 valence electrons. The van der Waals surface area contributed by atoms with Crippen LogP contribution >= 0.6 is 24.0 Å². The highest BCUT2D eigenvalue weighted by Crippen LogP contribution is 2.29. The number of hydrogen-bond donors (Lipinski definition) is 4. The van der Waals surface area contributed by atoms with Crippen LogP contribution in [0.2, 0.25) is 0 Å². The number of primary amides is 1. The average molecular weight is 525 g/mol. The molecule has 9 nitrogen and oxygen atoms in total. The zero-order chi connectivity index (χ0) is 25.5. The van der Waals surface area contributed by atoms with Crippen molar-refractivity contribution < 1.29 is 14.3 Å². The van der Waals surface area contributed by atoms with Crippen LogP contribution in [0.3, 0.4) is 0 Å². The first-order valence-electron chi connectivity index (χ1n) is 11.5. The quantitative estimate of drug-likeness (QED) is 0.193. The topological polar surface area (TPSA) is 122 Å². The van der Waals surface area contributed by atoms with Gasteiger partial charge in [0.05, 0.1) is 30.2 Å². The number of morpholine rings is 1. The number of allylic oxidation sites excluding steroid dienone is 1. The second kappa shape index (κ2) is 12.1. The third-order valence-electron chi connectivity index (χ3n) is 5.61. The van der Waals surface area contributed by atoms with E-state index in [-0.39, 0.29) is 18.1 Å². The molecule has 36 heavy (non-hydrogen) atoms. The molecule has 4 N–H and O–H groups in total. The molecule has 3 heterocycles. The van der Waals surface area contributed by atoms with Crippen molar-refractivity contribution in [3.05, 3.63) is 69.7 Å². The van der Waals surface area contributed by atoms with Crippen LogP contribution < -0.4 is 16.4 Å². The summed E-state index contributed by atoms with van der Waals surface area (Å²) < 4.78 is 5.37. The fourth-order valence-electron chi connectivity index (χ4n) is 3.80. The van der Waals surface area contributed by atoms with Crippen molar-refractivity contribution in [1.82, 2.24) is 20.2 Å². The first-order valence-corrected chi connectivity index (χ1v) is 12.8. The molecule has 2 amide bonds. The van der Waals surface area contributed by atoms with Gasteiger partial charge in [-0.2, -0.15) is 0 Å². The number of nitrogens with zero attached hydrogens (tertiary/aromatic N) is 3. The number of amides is 2. The second-order valence-electron chi connectivity index (χ2n) is 8.11. The number of benzene rings is 1. The number of rotatable bonds is 9. The maximum atomic E-state index is 12.9. The van der Waals surface area contributed by atoms with Gasteiger partial charge in [-0.3, -0.25) is 19.5 Å². The molecule has 1 aliphatic rings. The first kappa shape index (κ1) is 25.8. The van der Waals surface area contributed by atoms with E-state index in [1.54, 1.807) is 25.3 Å². The van der Waals surface area contributed by atoms with Crippen molar-refractivity contribution in [3.8, 4) is 0 Å². The SMILES string of the molecule is C/C=C(\C=C(/S)CN1CCOCC1)C(=O)NCc1sc(Nc2cccc3ncccc23)nc1C(N)=O. The molecule has 1 aromatic carbocycles. The molecule has 0 saturated carbocycles. The summed E-state index contributed by atoms with van der Waals surface area (Å²) in [6.45, 7) is 5.63. The standard InChI is InChI=1S/C25H28N6O3S2/c1-2-16(13-17(35)15-31-9-11-34-12-10-31)24(33)28-14-21-22(23(26)32)30-25(36-21)29-20-7-3-6-19-18(20)5-4-8-27-19/h2-8,13,35H,9-12,14-15H2,1H3,(H2,26,32)(H,28,33)(H,29,30)/b16-2+,17-13-. The fourth-order valence-corrected chi connectivity index (χ4v) is 5.06. The molecule has 1 fully saturated rings. The van der Waals surface area contributed by atoms with Crippen molar-refractivity contribution >= 4 is 57.5 Å². The number of aromatic nitrogens is 2. The molecular weight excluding hydrogens is 496 g/mol. The number of hydrogen-bond acceptors (Lipinski definition) is 9. The van der Waals surface area contributed by atoms with Gasteiger partial charge in [-0.25, -0.2) is 4.98 Å². The van der Waals surface area contributed by atoms with Crippen LogP contribution in [0, 0.1) is 0 Å². The van der Waals surface area contributed by atoms with Gasteiger partial charge in [-0.05, 0) is 42.2 Å². The van der Waals surface area contributed by atoms with E-state index in [1.807, 2.05) is 30.3 Å². The zero-order valence-electron chi connectivity index (χ0n) is 19.9. The van der Waals surface area contributed by atoms with Crippen LogP contribution in [0.15, 0.2) is 59.2 Å². The summed E-state index contributed by atoms with van der Waals surface area (Å²) in [6.07, 6.45) is 5.22. The second-order valence-corrected chi connectivity index (χ2v) is 9.76. The number of carbonyl (C=O) groups excluding carboxylic acids is 2. The summed E-state index contributed by atoms with van der Waals surface area (Å²) in [7, 11) is 0. The Hall–Kier alpha value is -3.25. The Morgan fingerprint density at radius 1 is 1.25 bits per heavy atom. The Kier molecular flexibility index (Phi) is 8.70. The predicted octanol–water partition coefficient (Wildman–Crippen LogP) is 3.24. The third-order valence-corrected chi connectivity index (χ3v) is 6.85. The monoisotopic (exact) mass is 524 g/mol. The van der Waals surface area contributed by atoms with E-state index in [0.717, 1.165) is 34.6 Å². The number of thiazole rings is 1. The van der Waals surface area contributed by atoms with Crippen LogP contribution in [0.25, 0.3) is 10.9 Å². The summed E-state index contributed by atoms with van der Waals surface area (Å²) in [5, 5.41) is 7.54. The van der Waals surface area contributed by atoms with E-state index >= 15 is 0 Å². The highest BCUT2D eigenvalue weighted by atomic mass is 32.1. The largest absolute Gasteiger partial charge is 0.379 e. The van der Waals surface area contributed by atoms with Gasteiger partial charge >= 0.3 is 0 Å². The van der Waals surface area contributed by atoms with Gasteiger partial charge in [-0.15, -0.1) is 12.6 Å². The lowest BCUT2D eigenvalue weighted by Gasteiger charge is -2.26. The van der Waals surface area contributed by atoms with Crippen LogP contribution in [-0.4, -0.2) is 59.5 Å². The van der Waals surface area contributed by atoms with Crippen LogP contribution in [0.1, 0.15) is 22.3 Å². The number of ether oxygens (including phenoxy) is 1. The van der Waals surface area contributed by atoms with Crippen molar-refractivity contribution in [1.29, 1.82) is 0 Å². The predicted molar refractivity (Wildman–Crippen MR) is 146 cm³/mol. The van der Waals surface area contributed by atoms with Gasteiger partial charge in [0.1, 0.15) is 5.69 Å². The number of carbonyl (C=O) groups is 2. The Morgan fingerprint density at radius 2 is 2.06 bits per heavy atom. The Labute approximate surface area is 218 Å². The summed E-state index contributed by atoms with van der Waals surface area (Å²) >= 11 is 5.82. The summed E-state index contributed by atoms with van der Waals surface area (Å²) in [6, 6.07) is 9.53. The van der Waals surface area contributed by atoms with Gasteiger partial charge in [0, 0.05) is 42.5 Å². The molecular formula is C25H28N6O3S2. The lowest BCUT2D eigenvalue weighted by Crippen LogP contribution is -2.37. The summed E-state index contributed by atoms with van der Waals surface area (Å²) in [5.41, 5.74) is 7.83. The molecule has 0 aliphatic carbocycles. The van der Waals surface area contributed by atoms with Crippen molar-refractivity contribution in [2.24, 2.45) is 5.73 Å². The smallest absolute Gasteiger partial charge is 0.268 e. The minimum absolute atomic E-state index is 0.115. The Morgan fingerprint density at radius 3 is 2.81 bits per heavy atom. The van der Waals surface area contributed by atoms with Crippen LogP contribution in [0.4, 0.5) is 10.8 Å². The van der Waals surface area contributed by atoms with Crippen LogP contribution in [-0.2, 0) is 16.1 Å². The maximum absolute atomic E-state index is 12.9. The van der Waals surface area contributed by atoms with Gasteiger partial charge in [-0.1, -0.05) is 23.5 Å². The number of anilines is 2. The average Bonchev–Trinajstić information content (AvgIpc) is 3.29. The highest BCUT2D eigenvalue weighted by molar-refractivity contribution is 7.84. The van der Waals surface area contributed by atoms with E-state index in [4.69, 9.17) is 10.5 Å². The molecule has 0 radical (unpaired) electrons. The summed E-state index contributed by atoms with van der Waals surface area (Å²) in [5.74, 6) is -0.929. The van der Waals surface area contributed by atoms with Crippen molar-refractivity contribution in [3.63, 3.8) is 0 Å². The number of pyridine rings is 1. The molecule has 0 spiro atoms. The Bertz CT molecular complexity index is 1310. The highest BCUT2D eigenvalue weighted by Gasteiger charge is 2.18. The molecule has 1 saturated heterocycles. The zero-order valence-corrected chi connectivity index (χ0v) is 21.6. The van der Waals surface area contributed by atoms with Gasteiger partial charge < -0.3 is 21.1 Å². The molecule has 0 unspecified atom stereocenters. The minimum atomic E-state index is -0.655. The lowest BCUT2D eigenvalue weighted by molar-refractivity contribution is -0.117. The number of nitrogens with one attached hydrogen (secondary N) is 2. The molecule has 1 aliphatic heterocycles. The number of fused-ring (bicyclic) bond motifs is 1. The maximum Gasteiger partial charge on any atom is 0.268 e. The fraction of sp³-hybridized carbons (Fsp3) is 0.280. The number of thiol groups is 1. The van der Waals surface area contributed by atoms with E-state index < -0.39 is 5.91 Å². The minimum Gasteiger partial charge on any atom is -0.379 e.